The first kappa shape index (κ1) is 22.1. The lowest BCUT2D eigenvalue weighted by Gasteiger charge is -2.29. The highest BCUT2D eigenvalue weighted by atomic mass is 32.1. The van der Waals surface area contributed by atoms with Crippen molar-refractivity contribution >= 4 is 33.8 Å². The topological polar surface area (TPSA) is 53.4 Å². The van der Waals surface area contributed by atoms with Crippen molar-refractivity contribution in [2.45, 2.75) is 64.1 Å². The van der Waals surface area contributed by atoms with Crippen LogP contribution < -0.4 is 4.90 Å². The number of hydrogen-bond acceptors (Lipinski definition) is 5. The first-order chi connectivity index (χ1) is 13.8. The van der Waals surface area contributed by atoms with Crippen LogP contribution in [-0.4, -0.2) is 28.8 Å². The average molecular weight is 447 g/mol. The molecule has 0 aromatic carbocycles. The summed E-state index contributed by atoms with van der Waals surface area (Å²) in [5, 5.41) is 11.7. The van der Waals surface area contributed by atoms with E-state index in [2.05, 4.69) is 19.1 Å². The zero-order valence-electron chi connectivity index (χ0n) is 16.2. The summed E-state index contributed by atoms with van der Waals surface area (Å²) in [7, 11) is 0. The molecular formula is C20H25F3N2O2S2. The van der Waals surface area contributed by atoms with Gasteiger partial charge in [0, 0.05) is 27.6 Å². The molecule has 0 radical (unpaired) electrons. The molecule has 0 unspecified atom stereocenters. The molecule has 2 aromatic heterocycles. The Labute approximate surface area is 176 Å². The van der Waals surface area contributed by atoms with Crippen LogP contribution in [0.2, 0.25) is 0 Å². The molecule has 0 bridgehead atoms. The quantitative estimate of drug-likeness (QED) is 0.534. The molecule has 2 aromatic rings. The number of aliphatic carboxylic acids is 1. The van der Waals surface area contributed by atoms with Crippen molar-refractivity contribution in [1.29, 1.82) is 0 Å². The van der Waals surface area contributed by atoms with Crippen LogP contribution in [0.3, 0.4) is 0 Å². The fraction of sp³-hybridized carbons (Fsp3) is 0.600. The summed E-state index contributed by atoms with van der Waals surface area (Å²) in [6.45, 7) is 3.03. The normalized spacial score (nSPS) is 20.0. The smallest absolute Gasteiger partial charge is 0.391 e. The molecule has 1 N–H and O–H groups in total. The second-order valence-electron chi connectivity index (χ2n) is 7.43. The number of halogens is 3. The minimum absolute atomic E-state index is 0.0115. The first-order valence-electron chi connectivity index (χ1n) is 9.82. The number of carbonyl (C=O) groups is 1. The van der Waals surface area contributed by atoms with E-state index in [4.69, 9.17) is 10.1 Å². The third-order valence-corrected chi connectivity index (χ3v) is 7.53. The Balaban J connectivity index is 1.69. The van der Waals surface area contributed by atoms with Crippen molar-refractivity contribution in [3.05, 3.63) is 33.0 Å². The average Bonchev–Trinajstić information content (AvgIpc) is 3.34. The molecule has 1 saturated carbocycles. The number of anilines is 1. The van der Waals surface area contributed by atoms with Gasteiger partial charge in [0.2, 0.25) is 0 Å². The van der Waals surface area contributed by atoms with Gasteiger partial charge in [-0.25, -0.2) is 4.98 Å². The SMILES string of the molecule is CCc1ccc(CN(CCC(=O)O)c2nc(C3CCC(C(F)(F)F)CC3)cs2)s1. The molecule has 4 nitrogen and oxygen atoms in total. The molecule has 1 aliphatic rings. The highest BCUT2D eigenvalue weighted by Gasteiger charge is 2.41. The number of rotatable bonds is 8. The van der Waals surface area contributed by atoms with Crippen molar-refractivity contribution in [1.82, 2.24) is 4.98 Å². The number of aryl methyl sites for hydroxylation is 1. The van der Waals surface area contributed by atoms with Gasteiger partial charge in [-0.05, 0) is 44.2 Å². The monoisotopic (exact) mass is 446 g/mol. The first-order valence-corrected chi connectivity index (χ1v) is 11.5. The Kier molecular flexibility index (Phi) is 7.21. The van der Waals surface area contributed by atoms with E-state index >= 15 is 0 Å². The van der Waals surface area contributed by atoms with Gasteiger partial charge in [-0.15, -0.1) is 22.7 Å². The van der Waals surface area contributed by atoms with Crippen molar-refractivity contribution in [3.8, 4) is 0 Å². The van der Waals surface area contributed by atoms with Crippen LogP contribution in [0.1, 0.15) is 60.4 Å². The van der Waals surface area contributed by atoms with E-state index in [-0.39, 0.29) is 25.2 Å². The maximum Gasteiger partial charge on any atom is 0.391 e. The molecule has 0 atom stereocenters. The van der Waals surface area contributed by atoms with E-state index in [1.165, 1.54) is 16.2 Å². The number of thiazole rings is 1. The third-order valence-electron chi connectivity index (χ3n) is 5.40. The number of nitrogens with zero attached hydrogens (tertiary/aromatic N) is 2. The molecule has 1 aliphatic carbocycles. The lowest BCUT2D eigenvalue weighted by molar-refractivity contribution is -0.182. The Morgan fingerprint density at radius 2 is 1.93 bits per heavy atom. The van der Waals surface area contributed by atoms with Crippen LogP contribution in [-0.2, 0) is 17.8 Å². The second-order valence-corrected chi connectivity index (χ2v) is 9.52. The van der Waals surface area contributed by atoms with Gasteiger partial charge in [-0.2, -0.15) is 13.2 Å². The largest absolute Gasteiger partial charge is 0.481 e. The van der Waals surface area contributed by atoms with E-state index in [9.17, 15) is 18.0 Å². The van der Waals surface area contributed by atoms with E-state index in [0.29, 0.717) is 25.9 Å². The standard InChI is InChI=1S/C20H25F3N2O2S2/c1-2-15-7-8-16(29-15)11-25(10-9-18(26)27)19-24-17(12-28-19)13-3-5-14(6-4-13)20(21,22)23/h7-8,12-14H,2-6,9-11H2,1H3,(H,26,27). The minimum Gasteiger partial charge on any atom is -0.481 e. The van der Waals surface area contributed by atoms with Gasteiger partial charge in [-0.3, -0.25) is 4.79 Å². The predicted molar refractivity (Wildman–Crippen MR) is 110 cm³/mol. The molecular weight excluding hydrogens is 421 g/mol. The van der Waals surface area contributed by atoms with E-state index in [1.54, 1.807) is 11.3 Å². The molecule has 1 fully saturated rings. The molecule has 3 rings (SSSR count). The van der Waals surface area contributed by atoms with Gasteiger partial charge in [-0.1, -0.05) is 6.92 Å². The van der Waals surface area contributed by atoms with Gasteiger partial charge in [0.15, 0.2) is 5.13 Å². The maximum atomic E-state index is 12.9. The molecule has 2 heterocycles. The van der Waals surface area contributed by atoms with E-state index < -0.39 is 18.1 Å². The zero-order chi connectivity index (χ0) is 21.0. The van der Waals surface area contributed by atoms with Crippen molar-refractivity contribution in [2.24, 2.45) is 5.92 Å². The summed E-state index contributed by atoms with van der Waals surface area (Å²) in [6.07, 6.45) is -1.85. The summed E-state index contributed by atoms with van der Waals surface area (Å²) < 4.78 is 38.7. The van der Waals surface area contributed by atoms with E-state index in [1.807, 2.05) is 10.3 Å². The van der Waals surface area contributed by atoms with Crippen LogP contribution >= 0.6 is 22.7 Å². The Morgan fingerprint density at radius 3 is 2.52 bits per heavy atom. The van der Waals surface area contributed by atoms with Gasteiger partial charge in [0.25, 0.3) is 0 Å². The predicted octanol–water partition coefficient (Wildman–Crippen LogP) is 6.08. The van der Waals surface area contributed by atoms with Crippen LogP contribution in [0, 0.1) is 5.92 Å². The molecule has 0 aliphatic heterocycles. The highest BCUT2D eigenvalue weighted by Crippen LogP contribution is 2.43. The van der Waals surface area contributed by atoms with Crippen molar-refractivity contribution in [2.75, 3.05) is 11.4 Å². The van der Waals surface area contributed by atoms with Crippen LogP contribution in [0.5, 0.6) is 0 Å². The summed E-state index contributed by atoms with van der Waals surface area (Å²) in [4.78, 5) is 20.2. The molecule has 0 amide bonds. The second kappa shape index (κ2) is 9.47. The summed E-state index contributed by atoms with van der Waals surface area (Å²) in [5.41, 5.74) is 0.839. The molecule has 29 heavy (non-hydrogen) atoms. The van der Waals surface area contributed by atoms with Crippen LogP contribution in [0.15, 0.2) is 17.5 Å². The molecule has 0 saturated heterocycles. The summed E-state index contributed by atoms with van der Waals surface area (Å²) >= 11 is 3.15. The van der Waals surface area contributed by atoms with Crippen LogP contribution in [0.25, 0.3) is 0 Å². The lowest BCUT2D eigenvalue weighted by Crippen LogP contribution is -2.27. The Hall–Kier alpha value is -1.61. The highest BCUT2D eigenvalue weighted by molar-refractivity contribution is 7.14. The number of carboxylic acid groups (broad SMARTS) is 1. The van der Waals surface area contributed by atoms with Gasteiger partial charge >= 0.3 is 12.1 Å². The van der Waals surface area contributed by atoms with Gasteiger partial charge < -0.3 is 10.0 Å². The van der Waals surface area contributed by atoms with Crippen LogP contribution in [0.4, 0.5) is 18.3 Å². The molecule has 9 heteroatoms. The minimum atomic E-state index is -4.11. The van der Waals surface area contributed by atoms with Crippen molar-refractivity contribution < 1.29 is 23.1 Å². The van der Waals surface area contributed by atoms with Gasteiger partial charge in [0.1, 0.15) is 0 Å². The summed E-state index contributed by atoms with van der Waals surface area (Å²) in [6, 6.07) is 4.14. The maximum absolute atomic E-state index is 12.9. The third kappa shape index (κ3) is 5.94. The fourth-order valence-electron chi connectivity index (χ4n) is 3.68. The number of aromatic nitrogens is 1. The van der Waals surface area contributed by atoms with E-state index in [0.717, 1.165) is 22.1 Å². The van der Waals surface area contributed by atoms with Crippen molar-refractivity contribution in [3.63, 3.8) is 0 Å². The molecule has 0 spiro atoms. The number of alkyl halides is 3. The Bertz CT molecular complexity index is 811. The number of thiophene rings is 1. The summed E-state index contributed by atoms with van der Waals surface area (Å²) in [5.74, 6) is -2.01. The van der Waals surface area contributed by atoms with Gasteiger partial charge in [0.05, 0.1) is 24.6 Å². The number of carboxylic acids is 1. The fourth-order valence-corrected chi connectivity index (χ4v) is 5.59. The number of hydrogen-bond donors (Lipinski definition) is 1. The Morgan fingerprint density at radius 1 is 1.24 bits per heavy atom. The molecule has 160 valence electrons. The lowest BCUT2D eigenvalue weighted by atomic mass is 9.80. The zero-order valence-corrected chi connectivity index (χ0v) is 17.9.